The van der Waals surface area contributed by atoms with Gasteiger partial charge in [-0.2, -0.15) is 0 Å². The summed E-state index contributed by atoms with van der Waals surface area (Å²) >= 11 is 0. The standard InChI is InChI=1S/C18H33N3/c1-19(2)13-12-17(20(3)4)15-18(21(5)6)14-16-10-8-7-9-11-16/h7-11,17-18H,12-15H2,1-6H3. The fourth-order valence-corrected chi connectivity index (χ4v) is 2.67. The Morgan fingerprint density at radius 2 is 1.38 bits per heavy atom. The zero-order valence-corrected chi connectivity index (χ0v) is 14.7. The van der Waals surface area contributed by atoms with Gasteiger partial charge in [-0.25, -0.2) is 0 Å². The van der Waals surface area contributed by atoms with Gasteiger partial charge in [-0.3, -0.25) is 0 Å². The molecule has 0 fully saturated rings. The second kappa shape index (κ2) is 9.19. The van der Waals surface area contributed by atoms with Gasteiger partial charge in [0.15, 0.2) is 0 Å². The van der Waals surface area contributed by atoms with Crippen LogP contribution in [0.3, 0.4) is 0 Å². The second-order valence-corrected chi connectivity index (χ2v) is 6.75. The molecular weight excluding hydrogens is 258 g/mol. The maximum Gasteiger partial charge on any atom is 0.0144 e. The van der Waals surface area contributed by atoms with Crippen LogP contribution in [0, 0.1) is 0 Å². The minimum atomic E-state index is 0.585. The molecule has 21 heavy (non-hydrogen) atoms. The van der Waals surface area contributed by atoms with E-state index in [4.69, 9.17) is 0 Å². The molecule has 0 aliphatic carbocycles. The van der Waals surface area contributed by atoms with Crippen LogP contribution in [0.1, 0.15) is 18.4 Å². The summed E-state index contributed by atoms with van der Waals surface area (Å²) in [5, 5.41) is 0. The SMILES string of the molecule is CN(C)CCC(CC(Cc1ccccc1)N(C)C)N(C)C. The van der Waals surface area contributed by atoms with Crippen LogP contribution in [0.5, 0.6) is 0 Å². The number of rotatable bonds is 9. The molecule has 1 aromatic carbocycles. The quantitative estimate of drug-likeness (QED) is 0.692. The maximum absolute atomic E-state index is 2.38. The van der Waals surface area contributed by atoms with Gasteiger partial charge in [-0.1, -0.05) is 30.3 Å². The summed E-state index contributed by atoms with van der Waals surface area (Å²) in [5.74, 6) is 0. The predicted molar refractivity (Wildman–Crippen MR) is 92.9 cm³/mol. The van der Waals surface area contributed by atoms with Crippen LogP contribution in [-0.2, 0) is 6.42 Å². The average Bonchev–Trinajstić information content (AvgIpc) is 2.42. The van der Waals surface area contributed by atoms with Crippen molar-refractivity contribution in [1.82, 2.24) is 14.7 Å². The first kappa shape index (κ1) is 18.1. The van der Waals surface area contributed by atoms with Crippen LogP contribution in [0.25, 0.3) is 0 Å². The molecule has 120 valence electrons. The van der Waals surface area contributed by atoms with E-state index in [1.807, 2.05) is 0 Å². The van der Waals surface area contributed by atoms with Crippen molar-refractivity contribution >= 4 is 0 Å². The van der Waals surface area contributed by atoms with Crippen molar-refractivity contribution < 1.29 is 0 Å². The molecule has 3 nitrogen and oxygen atoms in total. The molecule has 0 heterocycles. The summed E-state index contributed by atoms with van der Waals surface area (Å²) in [6.45, 7) is 1.15. The third-order valence-corrected chi connectivity index (χ3v) is 4.23. The lowest BCUT2D eigenvalue weighted by Gasteiger charge is -2.33. The van der Waals surface area contributed by atoms with E-state index in [-0.39, 0.29) is 0 Å². The van der Waals surface area contributed by atoms with E-state index in [1.54, 1.807) is 0 Å². The zero-order chi connectivity index (χ0) is 15.8. The van der Waals surface area contributed by atoms with Gasteiger partial charge in [0.2, 0.25) is 0 Å². The Kier molecular flexibility index (Phi) is 7.94. The average molecular weight is 291 g/mol. The van der Waals surface area contributed by atoms with Gasteiger partial charge < -0.3 is 14.7 Å². The van der Waals surface area contributed by atoms with E-state index in [0.717, 1.165) is 13.0 Å². The summed E-state index contributed by atoms with van der Waals surface area (Å²) in [7, 11) is 13.1. The van der Waals surface area contributed by atoms with E-state index in [0.29, 0.717) is 12.1 Å². The molecule has 0 spiro atoms. The van der Waals surface area contributed by atoms with E-state index in [9.17, 15) is 0 Å². The van der Waals surface area contributed by atoms with Gasteiger partial charge in [0.25, 0.3) is 0 Å². The van der Waals surface area contributed by atoms with Crippen LogP contribution in [-0.4, -0.2) is 75.6 Å². The van der Waals surface area contributed by atoms with Crippen molar-refractivity contribution in [3.63, 3.8) is 0 Å². The molecule has 0 aliphatic heterocycles. The minimum absolute atomic E-state index is 0.585. The fraction of sp³-hybridized carbons (Fsp3) is 0.667. The zero-order valence-electron chi connectivity index (χ0n) is 14.7. The Hall–Kier alpha value is -0.900. The first-order valence-corrected chi connectivity index (χ1v) is 7.91. The molecule has 0 saturated heterocycles. The molecule has 0 saturated carbocycles. The highest BCUT2D eigenvalue weighted by atomic mass is 15.1. The lowest BCUT2D eigenvalue weighted by atomic mass is 9.96. The second-order valence-electron chi connectivity index (χ2n) is 6.75. The van der Waals surface area contributed by atoms with Gasteiger partial charge in [-0.05, 0) is 73.7 Å². The minimum Gasteiger partial charge on any atom is -0.309 e. The van der Waals surface area contributed by atoms with Gasteiger partial charge >= 0.3 is 0 Å². The normalized spacial score (nSPS) is 14.9. The van der Waals surface area contributed by atoms with Gasteiger partial charge in [0.1, 0.15) is 0 Å². The van der Waals surface area contributed by atoms with Crippen LogP contribution in [0.2, 0.25) is 0 Å². The lowest BCUT2D eigenvalue weighted by molar-refractivity contribution is 0.179. The van der Waals surface area contributed by atoms with Gasteiger partial charge in [-0.15, -0.1) is 0 Å². The molecule has 3 heteroatoms. The molecule has 0 N–H and O–H groups in total. The third-order valence-electron chi connectivity index (χ3n) is 4.23. The van der Waals surface area contributed by atoms with E-state index >= 15 is 0 Å². The summed E-state index contributed by atoms with van der Waals surface area (Å²) < 4.78 is 0. The summed E-state index contributed by atoms with van der Waals surface area (Å²) in [5.41, 5.74) is 1.43. The van der Waals surface area contributed by atoms with E-state index in [1.165, 1.54) is 18.4 Å². The monoisotopic (exact) mass is 291 g/mol. The third kappa shape index (κ3) is 7.07. The molecule has 1 aromatic rings. The smallest absolute Gasteiger partial charge is 0.0144 e. The first-order chi connectivity index (χ1) is 9.90. The van der Waals surface area contributed by atoms with E-state index in [2.05, 4.69) is 87.3 Å². The van der Waals surface area contributed by atoms with Crippen molar-refractivity contribution in [2.24, 2.45) is 0 Å². The van der Waals surface area contributed by atoms with Crippen LogP contribution >= 0.6 is 0 Å². The van der Waals surface area contributed by atoms with Crippen molar-refractivity contribution in [2.75, 3.05) is 48.8 Å². The molecule has 0 radical (unpaired) electrons. The number of benzene rings is 1. The van der Waals surface area contributed by atoms with E-state index < -0.39 is 0 Å². The molecule has 0 aliphatic rings. The van der Waals surface area contributed by atoms with Crippen LogP contribution in [0.15, 0.2) is 30.3 Å². The van der Waals surface area contributed by atoms with Crippen molar-refractivity contribution in [3.8, 4) is 0 Å². The summed E-state index contributed by atoms with van der Waals surface area (Å²) in [6, 6.07) is 12.1. The van der Waals surface area contributed by atoms with Crippen LogP contribution < -0.4 is 0 Å². The number of likely N-dealkylation sites (N-methyl/N-ethyl adjacent to an activating group) is 1. The summed E-state index contributed by atoms with van der Waals surface area (Å²) in [6.07, 6.45) is 3.56. The highest BCUT2D eigenvalue weighted by molar-refractivity contribution is 5.16. The molecule has 2 atom stereocenters. The van der Waals surface area contributed by atoms with Gasteiger partial charge in [0, 0.05) is 12.1 Å². The maximum atomic E-state index is 2.38. The highest BCUT2D eigenvalue weighted by Gasteiger charge is 2.20. The molecule has 1 rings (SSSR count). The molecular formula is C18H33N3. The summed E-state index contributed by atoms with van der Waals surface area (Å²) in [4.78, 5) is 7.03. The lowest BCUT2D eigenvalue weighted by Crippen LogP contribution is -2.40. The van der Waals surface area contributed by atoms with Gasteiger partial charge in [0.05, 0.1) is 0 Å². The van der Waals surface area contributed by atoms with Crippen molar-refractivity contribution in [2.45, 2.75) is 31.3 Å². The predicted octanol–water partition coefficient (Wildman–Crippen LogP) is 2.43. The first-order valence-electron chi connectivity index (χ1n) is 7.91. The Morgan fingerprint density at radius 1 is 0.810 bits per heavy atom. The Bertz CT molecular complexity index is 373. The fourth-order valence-electron chi connectivity index (χ4n) is 2.67. The Morgan fingerprint density at radius 3 is 1.86 bits per heavy atom. The number of hydrogen-bond acceptors (Lipinski definition) is 3. The molecule has 2 unspecified atom stereocenters. The molecule has 0 bridgehead atoms. The van der Waals surface area contributed by atoms with Crippen molar-refractivity contribution in [3.05, 3.63) is 35.9 Å². The topological polar surface area (TPSA) is 9.72 Å². The van der Waals surface area contributed by atoms with Crippen LogP contribution in [0.4, 0.5) is 0 Å². The number of nitrogens with zero attached hydrogens (tertiary/aromatic N) is 3. The van der Waals surface area contributed by atoms with Crippen molar-refractivity contribution in [1.29, 1.82) is 0 Å². The largest absolute Gasteiger partial charge is 0.309 e. The number of hydrogen-bond donors (Lipinski definition) is 0. The molecule has 0 aromatic heterocycles. The Labute approximate surface area is 131 Å². The molecule has 0 amide bonds. The highest BCUT2D eigenvalue weighted by Crippen LogP contribution is 2.16. The Balaban J connectivity index is 2.66.